The number of aryl methyl sites for hydroxylation is 1. The van der Waals surface area contributed by atoms with Gasteiger partial charge in [-0.15, -0.1) is 0 Å². The van der Waals surface area contributed by atoms with Crippen molar-refractivity contribution in [1.82, 2.24) is 9.97 Å². The van der Waals surface area contributed by atoms with E-state index >= 15 is 0 Å². The van der Waals surface area contributed by atoms with E-state index in [-0.39, 0.29) is 0 Å². The molecular formula is C14H24N4. The van der Waals surface area contributed by atoms with Crippen LogP contribution in [-0.4, -0.2) is 29.6 Å². The van der Waals surface area contributed by atoms with Crippen LogP contribution in [0.15, 0.2) is 6.07 Å². The first-order valence-corrected chi connectivity index (χ1v) is 7.04. The molecule has 1 aromatic rings. The molecule has 4 nitrogen and oxygen atoms in total. The number of aromatic nitrogens is 2. The van der Waals surface area contributed by atoms with Crippen LogP contribution < -0.4 is 10.2 Å². The SMILES string of the molecule is CCC1CCCCCN1c1cc(NC)nc(C)n1. The standard InChI is InChI=1S/C14H24N4/c1-4-12-8-6-5-7-9-18(12)14-10-13(15-3)16-11(2)17-14/h10,12H,4-9H2,1-3H3,(H,15,16,17). The van der Waals surface area contributed by atoms with Gasteiger partial charge in [0, 0.05) is 25.7 Å². The van der Waals surface area contributed by atoms with E-state index in [1.807, 2.05) is 14.0 Å². The Labute approximate surface area is 110 Å². The maximum atomic E-state index is 4.62. The van der Waals surface area contributed by atoms with Crippen LogP contribution in [-0.2, 0) is 0 Å². The summed E-state index contributed by atoms with van der Waals surface area (Å²) in [5.41, 5.74) is 0. The summed E-state index contributed by atoms with van der Waals surface area (Å²) in [4.78, 5) is 11.5. The van der Waals surface area contributed by atoms with Gasteiger partial charge < -0.3 is 10.2 Å². The number of rotatable bonds is 3. The second-order valence-corrected chi connectivity index (χ2v) is 5.01. The van der Waals surface area contributed by atoms with Crippen molar-refractivity contribution in [3.05, 3.63) is 11.9 Å². The smallest absolute Gasteiger partial charge is 0.134 e. The highest BCUT2D eigenvalue weighted by molar-refractivity contribution is 5.49. The van der Waals surface area contributed by atoms with Crippen molar-refractivity contribution >= 4 is 11.6 Å². The zero-order chi connectivity index (χ0) is 13.0. The number of nitrogens with one attached hydrogen (secondary N) is 1. The zero-order valence-electron chi connectivity index (χ0n) is 11.7. The zero-order valence-corrected chi connectivity index (χ0v) is 11.7. The lowest BCUT2D eigenvalue weighted by Gasteiger charge is -2.30. The number of hydrogen-bond acceptors (Lipinski definition) is 4. The average Bonchev–Trinajstić information content (AvgIpc) is 2.62. The van der Waals surface area contributed by atoms with E-state index in [2.05, 4.69) is 33.2 Å². The minimum atomic E-state index is 0.631. The highest BCUT2D eigenvalue weighted by Crippen LogP contribution is 2.25. The van der Waals surface area contributed by atoms with Gasteiger partial charge in [0.25, 0.3) is 0 Å². The molecule has 0 aliphatic carbocycles. The Kier molecular flexibility index (Phi) is 4.39. The van der Waals surface area contributed by atoms with Crippen molar-refractivity contribution in [3.8, 4) is 0 Å². The molecule has 100 valence electrons. The summed E-state index contributed by atoms with van der Waals surface area (Å²) in [5, 5.41) is 3.12. The summed E-state index contributed by atoms with van der Waals surface area (Å²) < 4.78 is 0. The van der Waals surface area contributed by atoms with Gasteiger partial charge in [-0.1, -0.05) is 19.8 Å². The molecule has 1 aliphatic heterocycles. The molecule has 2 rings (SSSR count). The van der Waals surface area contributed by atoms with Crippen LogP contribution in [0.4, 0.5) is 11.6 Å². The molecule has 1 atom stereocenters. The normalized spacial score (nSPS) is 20.6. The van der Waals surface area contributed by atoms with E-state index in [9.17, 15) is 0 Å². The summed E-state index contributed by atoms with van der Waals surface area (Å²) in [7, 11) is 1.91. The quantitative estimate of drug-likeness (QED) is 0.893. The van der Waals surface area contributed by atoms with E-state index in [0.29, 0.717) is 6.04 Å². The van der Waals surface area contributed by atoms with E-state index in [0.717, 1.165) is 24.0 Å². The largest absolute Gasteiger partial charge is 0.373 e. The van der Waals surface area contributed by atoms with Gasteiger partial charge in [0.05, 0.1) is 0 Å². The monoisotopic (exact) mass is 248 g/mol. The van der Waals surface area contributed by atoms with Crippen LogP contribution in [0, 0.1) is 6.92 Å². The maximum absolute atomic E-state index is 4.62. The summed E-state index contributed by atoms with van der Waals surface area (Å²) in [6.45, 7) is 5.36. The fourth-order valence-electron chi connectivity index (χ4n) is 2.73. The molecule has 0 spiro atoms. The first-order chi connectivity index (χ1) is 8.74. The van der Waals surface area contributed by atoms with Crippen molar-refractivity contribution in [2.24, 2.45) is 0 Å². The first-order valence-electron chi connectivity index (χ1n) is 7.04. The van der Waals surface area contributed by atoms with Gasteiger partial charge in [-0.05, 0) is 26.2 Å². The molecule has 1 N–H and O–H groups in total. The lowest BCUT2D eigenvalue weighted by Crippen LogP contribution is -2.35. The van der Waals surface area contributed by atoms with Gasteiger partial charge in [-0.2, -0.15) is 0 Å². The molecule has 1 unspecified atom stereocenters. The van der Waals surface area contributed by atoms with Crippen LogP contribution in [0.3, 0.4) is 0 Å². The lowest BCUT2D eigenvalue weighted by molar-refractivity contribution is 0.551. The van der Waals surface area contributed by atoms with E-state index < -0.39 is 0 Å². The summed E-state index contributed by atoms with van der Waals surface area (Å²) >= 11 is 0. The van der Waals surface area contributed by atoms with Gasteiger partial charge in [-0.25, -0.2) is 9.97 Å². The summed E-state index contributed by atoms with van der Waals surface area (Å²) in [6.07, 6.45) is 6.44. The lowest BCUT2D eigenvalue weighted by atomic mass is 10.1. The van der Waals surface area contributed by atoms with Crippen LogP contribution >= 0.6 is 0 Å². The van der Waals surface area contributed by atoms with E-state index in [1.165, 1.54) is 32.1 Å². The Morgan fingerprint density at radius 1 is 1.33 bits per heavy atom. The molecule has 0 saturated carbocycles. The van der Waals surface area contributed by atoms with Crippen molar-refractivity contribution in [3.63, 3.8) is 0 Å². The topological polar surface area (TPSA) is 41.0 Å². The Morgan fingerprint density at radius 2 is 2.17 bits per heavy atom. The Bertz CT molecular complexity index is 391. The first kappa shape index (κ1) is 13.1. The second-order valence-electron chi connectivity index (χ2n) is 5.01. The molecule has 0 aromatic carbocycles. The highest BCUT2D eigenvalue weighted by atomic mass is 15.2. The fraction of sp³-hybridized carbons (Fsp3) is 0.714. The van der Waals surface area contributed by atoms with Crippen LogP contribution in [0.5, 0.6) is 0 Å². The minimum absolute atomic E-state index is 0.631. The average molecular weight is 248 g/mol. The third-order valence-electron chi connectivity index (χ3n) is 3.72. The highest BCUT2D eigenvalue weighted by Gasteiger charge is 2.21. The van der Waals surface area contributed by atoms with Crippen molar-refractivity contribution in [1.29, 1.82) is 0 Å². The molecule has 0 amide bonds. The molecule has 1 aliphatic rings. The molecule has 1 aromatic heterocycles. The summed E-state index contributed by atoms with van der Waals surface area (Å²) in [5.74, 6) is 2.84. The Hall–Kier alpha value is -1.32. The minimum Gasteiger partial charge on any atom is -0.373 e. The van der Waals surface area contributed by atoms with Gasteiger partial charge >= 0.3 is 0 Å². The Morgan fingerprint density at radius 3 is 2.89 bits per heavy atom. The second kappa shape index (κ2) is 6.03. The predicted molar refractivity (Wildman–Crippen MR) is 76.2 cm³/mol. The van der Waals surface area contributed by atoms with E-state index in [4.69, 9.17) is 0 Å². The molecule has 1 fully saturated rings. The third-order valence-corrected chi connectivity index (χ3v) is 3.72. The molecule has 0 bridgehead atoms. The van der Waals surface area contributed by atoms with Crippen LogP contribution in [0.2, 0.25) is 0 Å². The maximum Gasteiger partial charge on any atom is 0.134 e. The molecule has 2 heterocycles. The molecule has 1 saturated heterocycles. The third kappa shape index (κ3) is 2.92. The number of nitrogens with zero attached hydrogens (tertiary/aromatic N) is 3. The van der Waals surface area contributed by atoms with Crippen LogP contribution in [0.25, 0.3) is 0 Å². The number of anilines is 2. The fourth-order valence-corrected chi connectivity index (χ4v) is 2.73. The molecule has 0 radical (unpaired) electrons. The molecular weight excluding hydrogens is 224 g/mol. The predicted octanol–water partition coefficient (Wildman–Crippen LogP) is 2.99. The van der Waals surface area contributed by atoms with Gasteiger partial charge in [0.1, 0.15) is 17.5 Å². The van der Waals surface area contributed by atoms with Gasteiger partial charge in [0.15, 0.2) is 0 Å². The van der Waals surface area contributed by atoms with Gasteiger partial charge in [0.2, 0.25) is 0 Å². The Balaban J connectivity index is 2.29. The van der Waals surface area contributed by atoms with Crippen molar-refractivity contribution in [2.45, 2.75) is 52.0 Å². The van der Waals surface area contributed by atoms with Gasteiger partial charge in [-0.3, -0.25) is 0 Å². The summed E-state index contributed by atoms with van der Waals surface area (Å²) in [6, 6.07) is 2.70. The molecule has 4 heteroatoms. The van der Waals surface area contributed by atoms with Crippen molar-refractivity contribution < 1.29 is 0 Å². The van der Waals surface area contributed by atoms with E-state index in [1.54, 1.807) is 0 Å². The van der Waals surface area contributed by atoms with Crippen molar-refractivity contribution in [2.75, 3.05) is 23.8 Å². The van der Waals surface area contributed by atoms with Crippen LogP contribution in [0.1, 0.15) is 44.9 Å². The number of hydrogen-bond donors (Lipinski definition) is 1. The molecule has 18 heavy (non-hydrogen) atoms.